The number of anilines is 1. The van der Waals surface area contributed by atoms with Gasteiger partial charge in [-0.25, -0.2) is 13.2 Å². The lowest BCUT2D eigenvalue weighted by molar-refractivity contribution is -0.142. The Balaban J connectivity index is 1.86. The molecule has 0 radical (unpaired) electrons. The van der Waals surface area contributed by atoms with E-state index in [0.29, 0.717) is 11.4 Å². The molecule has 9 nitrogen and oxygen atoms in total. The van der Waals surface area contributed by atoms with E-state index < -0.39 is 34.1 Å². The number of carboxylic acid groups (broad SMARTS) is 1. The predicted molar refractivity (Wildman–Crippen MR) is 114 cm³/mol. The maximum atomic E-state index is 13.2. The van der Waals surface area contributed by atoms with E-state index in [2.05, 4.69) is 10.6 Å². The summed E-state index contributed by atoms with van der Waals surface area (Å²) in [7, 11) is -2.70. The molecule has 0 aliphatic carbocycles. The van der Waals surface area contributed by atoms with Crippen molar-refractivity contribution in [1.82, 2.24) is 9.62 Å². The van der Waals surface area contributed by atoms with Gasteiger partial charge < -0.3 is 20.5 Å². The van der Waals surface area contributed by atoms with Gasteiger partial charge in [-0.1, -0.05) is 30.4 Å². The van der Waals surface area contributed by atoms with Crippen LogP contribution in [0, 0.1) is 0 Å². The molecule has 164 valence electrons. The highest BCUT2D eigenvalue weighted by Gasteiger charge is 2.42. The minimum Gasteiger partial charge on any atom is -0.497 e. The first-order valence-corrected chi connectivity index (χ1v) is 10.9. The van der Waals surface area contributed by atoms with Crippen molar-refractivity contribution in [3.8, 4) is 5.75 Å². The zero-order valence-corrected chi connectivity index (χ0v) is 17.6. The number of nitrogens with zero attached hydrogens (tertiary/aromatic N) is 1. The first kappa shape index (κ1) is 22.3. The Hall–Kier alpha value is -3.37. The minimum absolute atomic E-state index is 0.0673. The van der Waals surface area contributed by atoms with Crippen molar-refractivity contribution in [3.63, 3.8) is 0 Å². The number of para-hydroxylation sites is 1. The molecule has 3 rings (SSSR count). The van der Waals surface area contributed by atoms with Crippen LogP contribution in [0.1, 0.15) is 6.42 Å². The van der Waals surface area contributed by atoms with E-state index in [9.17, 15) is 23.1 Å². The van der Waals surface area contributed by atoms with Crippen LogP contribution < -0.4 is 15.4 Å². The number of carbonyl (C=O) groups is 2. The fourth-order valence-corrected chi connectivity index (χ4v) is 4.85. The Labute approximate surface area is 180 Å². The van der Waals surface area contributed by atoms with Crippen LogP contribution in [-0.4, -0.2) is 55.6 Å². The smallest absolute Gasteiger partial charge is 0.324 e. The van der Waals surface area contributed by atoms with Crippen LogP contribution in [0.3, 0.4) is 0 Å². The molecule has 1 aliphatic heterocycles. The van der Waals surface area contributed by atoms with Gasteiger partial charge in [-0.15, -0.1) is 0 Å². The van der Waals surface area contributed by atoms with E-state index in [0.717, 1.165) is 4.31 Å². The van der Waals surface area contributed by atoms with Crippen LogP contribution in [0.2, 0.25) is 0 Å². The van der Waals surface area contributed by atoms with E-state index in [1.54, 1.807) is 42.5 Å². The van der Waals surface area contributed by atoms with Crippen LogP contribution in [0.4, 0.5) is 10.5 Å². The van der Waals surface area contributed by atoms with Crippen molar-refractivity contribution < 1.29 is 27.9 Å². The van der Waals surface area contributed by atoms with Gasteiger partial charge in [0.1, 0.15) is 11.8 Å². The van der Waals surface area contributed by atoms with E-state index >= 15 is 0 Å². The first-order chi connectivity index (χ1) is 14.8. The topological polar surface area (TPSA) is 125 Å². The monoisotopic (exact) mass is 445 g/mol. The summed E-state index contributed by atoms with van der Waals surface area (Å²) in [4.78, 5) is 24.5. The van der Waals surface area contributed by atoms with Gasteiger partial charge >= 0.3 is 12.0 Å². The Morgan fingerprint density at radius 2 is 1.74 bits per heavy atom. The van der Waals surface area contributed by atoms with Crippen LogP contribution >= 0.6 is 0 Å². The second-order valence-electron chi connectivity index (χ2n) is 6.81. The highest BCUT2D eigenvalue weighted by molar-refractivity contribution is 7.89. The SMILES string of the molecule is COc1ccc(S(=O)(=O)N2CC=CCC(NC(=O)Nc3ccccc3)C2C(=O)O)cc1. The van der Waals surface area contributed by atoms with Gasteiger partial charge in [0.15, 0.2) is 0 Å². The van der Waals surface area contributed by atoms with Crippen LogP contribution in [-0.2, 0) is 14.8 Å². The molecule has 0 spiro atoms. The number of carboxylic acids is 1. The summed E-state index contributed by atoms with van der Waals surface area (Å²) < 4.78 is 32.4. The van der Waals surface area contributed by atoms with E-state index in [1.807, 2.05) is 0 Å². The fraction of sp³-hybridized carbons (Fsp3) is 0.238. The lowest BCUT2D eigenvalue weighted by atomic mass is 10.1. The number of amides is 2. The lowest BCUT2D eigenvalue weighted by Crippen LogP contribution is -2.57. The number of aliphatic carboxylic acids is 1. The zero-order chi connectivity index (χ0) is 22.4. The number of benzene rings is 2. The lowest BCUT2D eigenvalue weighted by Gasteiger charge is -2.31. The van der Waals surface area contributed by atoms with Gasteiger partial charge in [-0.2, -0.15) is 4.31 Å². The quantitative estimate of drug-likeness (QED) is 0.586. The van der Waals surface area contributed by atoms with E-state index in [4.69, 9.17) is 4.74 Å². The molecule has 2 unspecified atom stereocenters. The molecule has 2 atom stereocenters. The number of carbonyl (C=O) groups excluding carboxylic acids is 1. The number of hydrogen-bond acceptors (Lipinski definition) is 5. The van der Waals surface area contributed by atoms with Gasteiger partial charge in [0.25, 0.3) is 0 Å². The molecule has 3 N–H and O–H groups in total. The highest BCUT2D eigenvalue weighted by atomic mass is 32.2. The molecule has 1 heterocycles. The van der Waals surface area contributed by atoms with E-state index in [-0.39, 0.29) is 17.9 Å². The number of rotatable bonds is 6. The molecule has 31 heavy (non-hydrogen) atoms. The molecule has 10 heteroatoms. The predicted octanol–water partition coefficient (Wildman–Crippen LogP) is 2.29. The number of methoxy groups -OCH3 is 1. The largest absolute Gasteiger partial charge is 0.497 e. The first-order valence-electron chi connectivity index (χ1n) is 9.49. The zero-order valence-electron chi connectivity index (χ0n) is 16.8. The minimum atomic E-state index is -4.16. The van der Waals surface area contributed by atoms with Crippen molar-refractivity contribution in [2.24, 2.45) is 0 Å². The molecule has 0 saturated carbocycles. The third-order valence-electron chi connectivity index (χ3n) is 4.80. The second-order valence-corrected chi connectivity index (χ2v) is 8.70. The van der Waals surface area contributed by atoms with Crippen LogP contribution in [0.5, 0.6) is 5.75 Å². The van der Waals surface area contributed by atoms with Crippen LogP contribution in [0.15, 0.2) is 71.6 Å². The Kier molecular flexibility index (Phi) is 6.93. The second kappa shape index (κ2) is 9.63. The number of ether oxygens (including phenoxy) is 1. The van der Waals surface area contributed by atoms with E-state index in [1.165, 1.54) is 31.4 Å². The molecule has 0 saturated heterocycles. The Morgan fingerprint density at radius 3 is 2.35 bits per heavy atom. The summed E-state index contributed by atoms with van der Waals surface area (Å²) in [6.45, 7) is -0.135. The van der Waals surface area contributed by atoms with Crippen molar-refractivity contribution in [2.45, 2.75) is 23.4 Å². The molecule has 0 bridgehead atoms. The standard InChI is InChI=1S/C21H23N3O6S/c1-30-16-10-12-17(13-11-16)31(28,29)24-14-6-5-9-18(19(24)20(25)26)23-21(27)22-15-7-3-2-4-8-15/h2-8,10-13,18-19H,9,14H2,1H3,(H,25,26)(H2,22,23,27). The molecule has 2 amide bonds. The fourth-order valence-electron chi connectivity index (χ4n) is 3.29. The summed E-state index contributed by atoms with van der Waals surface area (Å²) in [5, 5.41) is 15.1. The van der Waals surface area contributed by atoms with Gasteiger partial charge in [0, 0.05) is 12.2 Å². The van der Waals surface area contributed by atoms with Gasteiger partial charge in [0.2, 0.25) is 10.0 Å². The molecule has 0 aromatic heterocycles. The van der Waals surface area contributed by atoms with Gasteiger partial charge in [0.05, 0.1) is 18.0 Å². The number of sulfonamides is 1. The third-order valence-corrected chi connectivity index (χ3v) is 6.66. The summed E-state index contributed by atoms with van der Waals surface area (Å²) in [5.74, 6) is -0.882. The molecule has 1 aliphatic rings. The maximum Gasteiger partial charge on any atom is 0.324 e. The Bertz CT molecular complexity index is 1050. The normalized spacial score (nSPS) is 19.3. The Morgan fingerprint density at radius 1 is 1.06 bits per heavy atom. The summed E-state index contributed by atoms with van der Waals surface area (Å²) in [6, 6.07) is 11.2. The van der Waals surface area contributed by atoms with Crippen molar-refractivity contribution in [2.75, 3.05) is 19.0 Å². The molecular weight excluding hydrogens is 422 g/mol. The number of nitrogens with one attached hydrogen (secondary N) is 2. The summed E-state index contributed by atoms with van der Waals surface area (Å²) in [5.41, 5.74) is 0.527. The van der Waals surface area contributed by atoms with Crippen LogP contribution in [0.25, 0.3) is 0 Å². The number of hydrogen-bond donors (Lipinski definition) is 3. The number of urea groups is 1. The third kappa shape index (κ3) is 5.22. The van der Waals surface area contributed by atoms with Crippen molar-refractivity contribution >= 4 is 27.7 Å². The van der Waals surface area contributed by atoms with Gasteiger partial charge in [-0.05, 0) is 42.8 Å². The summed E-state index contributed by atoms with van der Waals surface area (Å²) in [6.07, 6.45) is 3.40. The molecule has 2 aromatic rings. The van der Waals surface area contributed by atoms with Crippen molar-refractivity contribution in [3.05, 3.63) is 66.7 Å². The molecule has 2 aromatic carbocycles. The van der Waals surface area contributed by atoms with Gasteiger partial charge in [-0.3, -0.25) is 4.79 Å². The maximum absolute atomic E-state index is 13.2. The summed E-state index contributed by atoms with van der Waals surface area (Å²) >= 11 is 0. The molecular formula is C21H23N3O6S. The average Bonchev–Trinajstić information content (AvgIpc) is 2.97. The molecule has 0 fully saturated rings. The average molecular weight is 445 g/mol. The highest BCUT2D eigenvalue weighted by Crippen LogP contribution is 2.25. The van der Waals surface area contributed by atoms with Crippen molar-refractivity contribution in [1.29, 1.82) is 0 Å².